The number of para-hydroxylation sites is 1. The van der Waals surface area contributed by atoms with Gasteiger partial charge in [-0.3, -0.25) is 9.48 Å². The fourth-order valence-electron chi connectivity index (χ4n) is 4.38. The quantitative estimate of drug-likeness (QED) is 0.691. The zero-order chi connectivity index (χ0) is 17.7. The van der Waals surface area contributed by atoms with Crippen molar-refractivity contribution in [3.05, 3.63) is 46.2 Å². The highest BCUT2D eigenvalue weighted by Crippen LogP contribution is 2.38. The number of thiazole rings is 1. The second kappa shape index (κ2) is 6.20. The summed E-state index contributed by atoms with van der Waals surface area (Å²) in [6.45, 7) is 0.805. The lowest BCUT2D eigenvalue weighted by molar-refractivity contribution is 0.0723. The smallest absolute Gasteiger partial charge is 0.273 e. The highest BCUT2D eigenvalue weighted by Gasteiger charge is 2.36. The standard InChI is InChI=1S/C20H22N4OS/c1-23-18(13-7-2-3-8-14(13)22-23)20(25)24-12-6-10-16(24)19-21-15-9-4-5-11-17(15)26-19/h4-5,9,11,16H,2-3,6-8,10,12H2,1H3/t16-/m1/s1. The van der Waals surface area contributed by atoms with Gasteiger partial charge in [0.15, 0.2) is 0 Å². The van der Waals surface area contributed by atoms with Crippen LogP contribution in [0.1, 0.15) is 58.5 Å². The number of aryl methyl sites for hydroxylation is 2. The van der Waals surface area contributed by atoms with Crippen LogP contribution in [-0.2, 0) is 19.9 Å². The van der Waals surface area contributed by atoms with Gasteiger partial charge >= 0.3 is 0 Å². The first-order valence-electron chi connectivity index (χ1n) is 9.43. The SMILES string of the molecule is Cn1nc2c(c1C(=O)N1CCC[C@@H]1c1nc3ccccc3s1)CCCC2. The molecule has 26 heavy (non-hydrogen) atoms. The van der Waals surface area contributed by atoms with Gasteiger partial charge in [-0.25, -0.2) is 4.98 Å². The van der Waals surface area contributed by atoms with E-state index in [4.69, 9.17) is 4.98 Å². The average Bonchev–Trinajstić information content (AvgIpc) is 3.36. The number of rotatable bonds is 2. The Hall–Kier alpha value is -2.21. The summed E-state index contributed by atoms with van der Waals surface area (Å²) in [6.07, 6.45) is 6.33. The maximum Gasteiger partial charge on any atom is 0.273 e. The summed E-state index contributed by atoms with van der Waals surface area (Å²) in [7, 11) is 1.91. The molecule has 1 aromatic carbocycles. The van der Waals surface area contributed by atoms with Crippen LogP contribution < -0.4 is 0 Å². The first kappa shape index (κ1) is 16.0. The van der Waals surface area contributed by atoms with Crippen molar-refractivity contribution in [1.29, 1.82) is 0 Å². The van der Waals surface area contributed by atoms with Gasteiger partial charge in [0.05, 0.1) is 22.0 Å². The van der Waals surface area contributed by atoms with Crippen molar-refractivity contribution in [2.45, 2.75) is 44.6 Å². The number of nitrogens with zero attached hydrogens (tertiary/aromatic N) is 4. The average molecular weight is 366 g/mol. The predicted octanol–water partition coefficient (Wildman–Crippen LogP) is 3.89. The van der Waals surface area contributed by atoms with Crippen LogP contribution >= 0.6 is 11.3 Å². The molecule has 1 aliphatic heterocycles. The van der Waals surface area contributed by atoms with Crippen molar-refractivity contribution in [2.75, 3.05) is 6.54 Å². The topological polar surface area (TPSA) is 51.0 Å². The molecule has 0 unspecified atom stereocenters. The summed E-state index contributed by atoms with van der Waals surface area (Å²) in [4.78, 5) is 20.3. The molecule has 134 valence electrons. The number of likely N-dealkylation sites (tertiary alicyclic amines) is 1. The summed E-state index contributed by atoms with van der Waals surface area (Å²) in [5.74, 6) is 0.130. The maximum absolute atomic E-state index is 13.4. The van der Waals surface area contributed by atoms with Gasteiger partial charge in [0.25, 0.3) is 5.91 Å². The third-order valence-corrected chi connectivity index (χ3v) is 6.77. The Bertz CT molecular complexity index is 956. The predicted molar refractivity (Wildman–Crippen MR) is 102 cm³/mol. The van der Waals surface area contributed by atoms with Crippen LogP contribution in [0.2, 0.25) is 0 Å². The number of benzene rings is 1. The lowest BCUT2D eigenvalue weighted by Crippen LogP contribution is -2.32. The van der Waals surface area contributed by atoms with Gasteiger partial charge in [0.2, 0.25) is 0 Å². The zero-order valence-corrected chi connectivity index (χ0v) is 15.8. The van der Waals surface area contributed by atoms with Crippen LogP contribution in [0.3, 0.4) is 0 Å². The highest BCUT2D eigenvalue weighted by molar-refractivity contribution is 7.18. The van der Waals surface area contributed by atoms with E-state index in [1.54, 1.807) is 11.3 Å². The van der Waals surface area contributed by atoms with E-state index in [-0.39, 0.29) is 11.9 Å². The molecule has 5 rings (SSSR count). The van der Waals surface area contributed by atoms with Gasteiger partial charge in [-0.15, -0.1) is 11.3 Å². The Labute approximate surface area is 156 Å². The van der Waals surface area contributed by atoms with Crippen LogP contribution in [0.25, 0.3) is 10.2 Å². The largest absolute Gasteiger partial charge is 0.328 e. The molecule has 1 aliphatic carbocycles. The van der Waals surface area contributed by atoms with Crippen molar-refractivity contribution in [3.63, 3.8) is 0 Å². The Kier molecular flexibility index (Phi) is 3.81. The van der Waals surface area contributed by atoms with Crippen LogP contribution in [0.15, 0.2) is 24.3 Å². The van der Waals surface area contributed by atoms with Crippen molar-refractivity contribution >= 4 is 27.5 Å². The van der Waals surface area contributed by atoms with Gasteiger partial charge in [0.1, 0.15) is 10.7 Å². The van der Waals surface area contributed by atoms with Crippen LogP contribution in [0, 0.1) is 0 Å². The van der Waals surface area contributed by atoms with E-state index < -0.39 is 0 Å². The molecule has 1 atom stereocenters. The molecule has 5 nitrogen and oxygen atoms in total. The Morgan fingerprint density at radius 3 is 2.92 bits per heavy atom. The molecule has 0 bridgehead atoms. The number of hydrogen-bond acceptors (Lipinski definition) is 4. The summed E-state index contributed by atoms with van der Waals surface area (Å²) in [5.41, 5.74) is 4.13. The molecule has 0 saturated carbocycles. The minimum atomic E-state index is 0.0917. The first-order chi connectivity index (χ1) is 12.7. The van der Waals surface area contributed by atoms with Crippen LogP contribution in [0.5, 0.6) is 0 Å². The molecule has 2 aromatic heterocycles. The highest BCUT2D eigenvalue weighted by atomic mass is 32.1. The summed E-state index contributed by atoms with van der Waals surface area (Å²) >= 11 is 1.72. The Morgan fingerprint density at radius 1 is 1.19 bits per heavy atom. The minimum Gasteiger partial charge on any atom is -0.328 e. The molecule has 1 fully saturated rings. The molecular weight excluding hydrogens is 344 g/mol. The van der Waals surface area contributed by atoms with Gasteiger partial charge in [-0.2, -0.15) is 5.10 Å². The molecule has 2 aliphatic rings. The zero-order valence-electron chi connectivity index (χ0n) is 14.9. The second-order valence-corrected chi connectivity index (χ2v) is 8.34. The van der Waals surface area contributed by atoms with Gasteiger partial charge in [0, 0.05) is 19.2 Å². The minimum absolute atomic E-state index is 0.0917. The number of hydrogen-bond donors (Lipinski definition) is 0. The van der Waals surface area contributed by atoms with Crippen molar-refractivity contribution < 1.29 is 4.79 Å². The van der Waals surface area contributed by atoms with E-state index >= 15 is 0 Å². The molecule has 0 N–H and O–H groups in total. The molecule has 6 heteroatoms. The maximum atomic E-state index is 13.4. The van der Waals surface area contributed by atoms with Gasteiger partial charge in [-0.1, -0.05) is 12.1 Å². The number of carbonyl (C=O) groups excluding carboxylic acids is 1. The van der Waals surface area contributed by atoms with E-state index in [9.17, 15) is 4.79 Å². The molecule has 0 radical (unpaired) electrons. The van der Waals surface area contributed by atoms with E-state index in [0.717, 1.165) is 60.6 Å². The molecule has 1 saturated heterocycles. The third-order valence-electron chi connectivity index (χ3n) is 5.63. The first-order valence-corrected chi connectivity index (χ1v) is 10.2. The van der Waals surface area contributed by atoms with E-state index in [2.05, 4.69) is 11.2 Å². The number of carbonyl (C=O) groups is 1. The van der Waals surface area contributed by atoms with Gasteiger partial charge < -0.3 is 4.90 Å². The summed E-state index contributed by atoms with van der Waals surface area (Å²) in [6, 6.07) is 8.31. The Morgan fingerprint density at radius 2 is 2.04 bits per heavy atom. The molecular formula is C20H22N4OS. The summed E-state index contributed by atoms with van der Waals surface area (Å²) < 4.78 is 3.01. The van der Waals surface area contributed by atoms with Crippen molar-refractivity contribution in [2.24, 2.45) is 7.05 Å². The monoisotopic (exact) mass is 366 g/mol. The fraction of sp³-hybridized carbons (Fsp3) is 0.450. The number of fused-ring (bicyclic) bond motifs is 2. The second-order valence-electron chi connectivity index (χ2n) is 7.28. The molecule has 3 aromatic rings. The van der Waals surface area contributed by atoms with E-state index in [0.29, 0.717) is 0 Å². The van der Waals surface area contributed by atoms with E-state index in [1.807, 2.05) is 34.8 Å². The molecule has 1 amide bonds. The van der Waals surface area contributed by atoms with Crippen LogP contribution in [-0.4, -0.2) is 32.1 Å². The Balaban J connectivity index is 1.51. The van der Waals surface area contributed by atoms with Crippen molar-refractivity contribution in [1.82, 2.24) is 19.7 Å². The molecule has 3 heterocycles. The normalized spacial score (nSPS) is 19.9. The lowest BCUT2D eigenvalue weighted by atomic mass is 9.95. The van der Waals surface area contributed by atoms with Gasteiger partial charge in [-0.05, 0) is 50.7 Å². The number of amides is 1. The van der Waals surface area contributed by atoms with Crippen LogP contribution in [0.4, 0.5) is 0 Å². The fourth-order valence-corrected chi connectivity index (χ4v) is 5.50. The lowest BCUT2D eigenvalue weighted by Gasteiger charge is -2.24. The summed E-state index contributed by atoms with van der Waals surface area (Å²) in [5, 5.41) is 5.70. The van der Waals surface area contributed by atoms with Crippen molar-refractivity contribution in [3.8, 4) is 0 Å². The van der Waals surface area contributed by atoms with E-state index in [1.165, 1.54) is 16.7 Å². The molecule has 0 spiro atoms. The third kappa shape index (κ3) is 2.47. The number of aromatic nitrogens is 3.